The average Bonchev–Trinajstić information content (AvgIpc) is 3.05. The second-order valence-electron chi connectivity index (χ2n) is 6.43. The first-order valence-corrected chi connectivity index (χ1v) is 8.45. The Morgan fingerprint density at radius 1 is 0.826 bits per heavy atom. The lowest BCUT2D eigenvalue weighted by atomic mass is 9.93. The minimum Gasteiger partial charge on any atom is -0.0648 e. The number of benzene rings is 3. The normalized spacial score (nSPS) is 14.6. The molecule has 1 aliphatic rings. The van der Waals surface area contributed by atoms with E-state index in [4.69, 9.17) is 0 Å². The summed E-state index contributed by atoms with van der Waals surface area (Å²) in [7, 11) is 0. The van der Waals surface area contributed by atoms with E-state index in [1.54, 1.807) is 0 Å². The summed E-state index contributed by atoms with van der Waals surface area (Å²) < 4.78 is 0. The molecule has 0 spiro atoms. The van der Waals surface area contributed by atoms with Crippen LogP contribution >= 0.6 is 0 Å². The van der Waals surface area contributed by atoms with Crippen molar-refractivity contribution in [3.63, 3.8) is 0 Å². The van der Waals surface area contributed by atoms with Gasteiger partial charge >= 0.3 is 0 Å². The highest BCUT2D eigenvalue weighted by molar-refractivity contribution is 5.99. The van der Waals surface area contributed by atoms with E-state index >= 15 is 0 Å². The smallest absolute Gasteiger partial charge is 0.0167 e. The van der Waals surface area contributed by atoms with E-state index in [0.717, 1.165) is 0 Å². The minimum absolute atomic E-state index is 0.614. The van der Waals surface area contributed by atoms with Crippen LogP contribution in [0.15, 0.2) is 66.2 Å². The van der Waals surface area contributed by atoms with Gasteiger partial charge in [-0.05, 0) is 45.4 Å². The quantitative estimate of drug-likeness (QED) is 0.517. The Labute approximate surface area is 138 Å². The molecular formula is C23H21. The molecule has 1 aliphatic carbocycles. The summed E-state index contributed by atoms with van der Waals surface area (Å²) in [4.78, 5) is 0. The van der Waals surface area contributed by atoms with Gasteiger partial charge in [0.15, 0.2) is 0 Å². The molecule has 1 unspecified atom stereocenters. The van der Waals surface area contributed by atoms with E-state index in [0.29, 0.717) is 5.92 Å². The van der Waals surface area contributed by atoms with Crippen LogP contribution in [0.25, 0.3) is 28.0 Å². The SMILES string of the molecule is CCC(C)C1=Cc2c(cccc2-c2cccc3ccccc23)[CH]1. The monoisotopic (exact) mass is 297 g/mol. The van der Waals surface area contributed by atoms with Gasteiger partial charge in [-0.15, -0.1) is 0 Å². The molecule has 0 bridgehead atoms. The lowest BCUT2D eigenvalue weighted by molar-refractivity contribution is 0.669. The third-order valence-electron chi connectivity index (χ3n) is 5.03. The maximum absolute atomic E-state index is 2.39. The molecular weight excluding hydrogens is 276 g/mol. The first-order chi connectivity index (χ1) is 11.3. The van der Waals surface area contributed by atoms with Gasteiger partial charge in [0.1, 0.15) is 0 Å². The van der Waals surface area contributed by atoms with Gasteiger partial charge < -0.3 is 0 Å². The van der Waals surface area contributed by atoms with Crippen molar-refractivity contribution in [2.75, 3.05) is 0 Å². The molecule has 0 nitrogen and oxygen atoms in total. The van der Waals surface area contributed by atoms with Gasteiger partial charge in [-0.1, -0.05) is 86.2 Å². The second-order valence-corrected chi connectivity index (χ2v) is 6.43. The van der Waals surface area contributed by atoms with Gasteiger partial charge in [0.05, 0.1) is 0 Å². The molecule has 23 heavy (non-hydrogen) atoms. The Bertz CT molecular complexity index is 894. The number of allylic oxidation sites excluding steroid dienone is 1. The van der Waals surface area contributed by atoms with Crippen LogP contribution < -0.4 is 0 Å². The topological polar surface area (TPSA) is 0 Å². The van der Waals surface area contributed by atoms with Crippen LogP contribution in [0, 0.1) is 12.3 Å². The van der Waals surface area contributed by atoms with E-state index in [2.05, 4.69) is 87.0 Å². The first kappa shape index (κ1) is 14.3. The highest BCUT2D eigenvalue weighted by Gasteiger charge is 2.20. The number of rotatable bonds is 3. The summed E-state index contributed by atoms with van der Waals surface area (Å²) in [5, 5.41) is 2.63. The molecule has 0 aromatic heterocycles. The Morgan fingerprint density at radius 3 is 2.43 bits per heavy atom. The van der Waals surface area contributed by atoms with Crippen molar-refractivity contribution in [3.05, 3.63) is 83.8 Å². The molecule has 3 aromatic rings. The van der Waals surface area contributed by atoms with Crippen molar-refractivity contribution in [2.45, 2.75) is 20.3 Å². The molecule has 3 aromatic carbocycles. The second kappa shape index (κ2) is 5.70. The van der Waals surface area contributed by atoms with Crippen molar-refractivity contribution in [3.8, 4) is 11.1 Å². The zero-order chi connectivity index (χ0) is 15.8. The van der Waals surface area contributed by atoms with Gasteiger partial charge in [-0.25, -0.2) is 0 Å². The van der Waals surface area contributed by atoms with Crippen LogP contribution in [-0.2, 0) is 0 Å². The molecule has 113 valence electrons. The number of fused-ring (bicyclic) bond motifs is 2. The standard InChI is InChI=1S/C23H21/c1-3-16(2)19-14-18-10-7-13-22(23(18)15-19)21-12-6-9-17-8-4-5-11-20(17)21/h4-16H,3H2,1-2H3. The van der Waals surface area contributed by atoms with Gasteiger partial charge in [0.2, 0.25) is 0 Å². The molecule has 1 atom stereocenters. The Morgan fingerprint density at radius 2 is 1.57 bits per heavy atom. The Kier molecular flexibility index (Phi) is 3.53. The molecule has 4 rings (SSSR count). The molecule has 0 heteroatoms. The van der Waals surface area contributed by atoms with Crippen molar-refractivity contribution in [1.82, 2.24) is 0 Å². The van der Waals surface area contributed by atoms with Crippen LogP contribution in [0.4, 0.5) is 0 Å². The zero-order valence-electron chi connectivity index (χ0n) is 13.7. The zero-order valence-corrected chi connectivity index (χ0v) is 13.7. The first-order valence-electron chi connectivity index (χ1n) is 8.45. The van der Waals surface area contributed by atoms with Crippen molar-refractivity contribution in [1.29, 1.82) is 0 Å². The van der Waals surface area contributed by atoms with Crippen LogP contribution in [0.1, 0.15) is 31.4 Å². The van der Waals surface area contributed by atoms with E-state index < -0.39 is 0 Å². The maximum Gasteiger partial charge on any atom is 0.0167 e. The van der Waals surface area contributed by atoms with Crippen molar-refractivity contribution >= 4 is 16.8 Å². The lowest BCUT2D eigenvalue weighted by Gasteiger charge is -2.11. The van der Waals surface area contributed by atoms with Gasteiger partial charge in [-0.2, -0.15) is 0 Å². The third-order valence-corrected chi connectivity index (χ3v) is 5.03. The summed E-state index contributed by atoms with van der Waals surface area (Å²) in [6.07, 6.45) is 5.93. The molecule has 0 aliphatic heterocycles. The van der Waals surface area contributed by atoms with Crippen LogP contribution in [-0.4, -0.2) is 0 Å². The third kappa shape index (κ3) is 2.39. The summed E-state index contributed by atoms with van der Waals surface area (Å²) >= 11 is 0. The van der Waals surface area contributed by atoms with Gasteiger partial charge in [0, 0.05) is 6.42 Å². The summed E-state index contributed by atoms with van der Waals surface area (Å²) in [5.41, 5.74) is 6.85. The largest absolute Gasteiger partial charge is 0.0648 e. The van der Waals surface area contributed by atoms with Gasteiger partial charge in [-0.3, -0.25) is 0 Å². The highest BCUT2D eigenvalue weighted by Crippen LogP contribution is 2.40. The van der Waals surface area contributed by atoms with Crippen LogP contribution in [0.3, 0.4) is 0 Å². The van der Waals surface area contributed by atoms with Crippen LogP contribution in [0.2, 0.25) is 0 Å². The van der Waals surface area contributed by atoms with E-state index in [-0.39, 0.29) is 0 Å². The summed E-state index contributed by atoms with van der Waals surface area (Å²) in [6, 6.07) is 21.9. The Balaban J connectivity index is 1.92. The molecule has 0 heterocycles. The summed E-state index contributed by atoms with van der Waals surface area (Å²) in [5.74, 6) is 0.614. The highest BCUT2D eigenvalue weighted by atomic mass is 14.2. The Hall–Kier alpha value is -2.34. The van der Waals surface area contributed by atoms with Crippen molar-refractivity contribution < 1.29 is 0 Å². The fourth-order valence-electron chi connectivity index (χ4n) is 3.47. The van der Waals surface area contributed by atoms with E-state index in [9.17, 15) is 0 Å². The number of hydrogen-bond acceptors (Lipinski definition) is 0. The predicted molar refractivity (Wildman–Crippen MR) is 100 cm³/mol. The number of hydrogen-bond donors (Lipinski definition) is 0. The summed E-state index contributed by atoms with van der Waals surface area (Å²) in [6.45, 7) is 4.57. The van der Waals surface area contributed by atoms with E-state index in [1.165, 1.54) is 45.0 Å². The fourth-order valence-corrected chi connectivity index (χ4v) is 3.47. The predicted octanol–water partition coefficient (Wildman–Crippen LogP) is 6.50. The molecule has 1 radical (unpaired) electrons. The lowest BCUT2D eigenvalue weighted by Crippen LogP contribution is -1.95. The fraction of sp³-hybridized carbons (Fsp3) is 0.174. The minimum atomic E-state index is 0.614. The molecule has 0 saturated heterocycles. The molecule has 0 saturated carbocycles. The molecule has 0 fully saturated rings. The van der Waals surface area contributed by atoms with Gasteiger partial charge in [0.25, 0.3) is 0 Å². The van der Waals surface area contributed by atoms with Crippen LogP contribution in [0.5, 0.6) is 0 Å². The average molecular weight is 297 g/mol. The van der Waals surface area contributed by atoms with Crippen molar-refractivity contribution in [2.24, 2.45) is 5.92 Å². The molecule has 0 amide bonds. The molecule has 0 N–H and O–H groups in total. The van der Waals surface area contributed by atoms with E-state index in [1.807, 2.05) is 0 Å². The maximum atomic E-state index is 2.39.